The molecular formula is C13H15N3O2. The van der Waals surface area contributed by atoms with E-state index in [1.54, 1.807) is 0 Å². The Morgan fingerprint density at radius 3 is 2.83 bits per heavy atom. The van der Waals surface area contributed by atoms with E-state index in [0.717, 1.165) is 18.7 Å². The second-order valence-electron chi connectivity index (χ2n) is 4.39. The first-order valence-corrected chi connectivity index (χ1v) is 6.06. The Morgan fingerprint density at radius 2 is 2.11 bits per heavy atom. The van der Waals surface area contributed by atoms with E-state index in [2.05, 4.69) is 15.5 Å². The standard InChI is InChI=1S/C13H15N3O2/c1-9-2-4-10(5-3-9)12-15-13(18-16-12)11-8-14-6-7-17-11/h2-5,11,14H,6-8H2,1H3/t11-/m1/s1. The third-order valence-electron chi connectivity index (χ3n) is 2.95. The van der Waals surface area contributed by atoms with E-state index in [-0.39, 0.29) is 6.10 Å². The molecule has 2 aromatic rings. The van der Waals surface area contributed by atoms with Crippen LogP contribution in [0.4, 0.5) is 0 Å². The van der Waals surface area contributed by atoms with Crippen molar-refractivity contribution in [1.29, 1.82) is 0 Å². The van der Waals surface area contributed by atoms with Crippen LogP contribution in [0.3, 0.4) is 0 Å². The van der Waals surface area contributed by atoms with Gasteiger partial charge in [0, 0.05) is 18.7 Å². The molecule has 1 N–H and O–H groups in total. The molecule has 1 aliphatic heterocycles. The fourth-order valence-electron chi connectivity index (χ4n) is 1.91. The summed E-state index contributed by atoms with van der Waals surface area (Å²) >= 11 is 0. The Hall–Kier alpha value is -1.72. The van der Waals surface area contributed by atoms with Crippen molar-refractivity contribution in [2.75, 3.05) is 19.7 Å². The maximum absolute atomic E-state index is 5.57. The van der Waals surface area contributed by atoms with Crippen LogP contribution in [0, 0.1) is 6.92 Å². The molecule has 0 unspecified atom stereocenters. The summed E-state index contributed by atoms with van der Waals surface area (Å²) < 4.78 is 10.8. The average molecular weight is 245 g/mol. The second kappa shape index (κ2) is 4.88. The van der Waals surface area contributed by atoms with Crippen molar-refractivity contribution in [3.8, 4) is 11.4 Å². The number of nitrogens with zero attached hydrogens (tertiary/aromatic N) is 2. The third kappa shape index (κ3) is 2.27. The van der Waals surface area contributed by atoms with Gasteiger partial charge < -0.3 is 14.6 Å². The van der Waals surface area contributed by atoms with Gasteiger partial charge >= 0.3 is 0 Å². The highest BCUT2D eigenvalue weighted by Gasteiger charge is 2.22. The topological polar surface area (TPSA) is 60.2 Å². The first-order chi connectivity index (χ1) is 8.83. The van der Waals surface area contributed by atoms with Gasteiger partial charge in [-0.25, -0.2) is 0 Å². The maximum atomic E-state index is 5.57. The van der Waals surface area contributed by atoms with Gasteiger partial charge in [0.2, 0.25) is 5.82 Å². The van der Waals surface area contributed by atoms with E-state index in [0.29, 0.717) is 18.3 Å². The molecule has 1 atom stereocenters. The summed E-state index contributed by atoms with van der Waals surface area (Å²) in [5.41, 5.74) is 2.17. The lowest BCUT2D eigenvalue weighted by Crippen LogP contribution is -2.33. The van der Waals surface area contributed by atoms with Gasteiger partial charge in [-0.2, -0.15) is 4.98 Å². The largest absolute Gasteiger partial charge is 0.366 e. The number of benzene rings is 1. The monoisotopic (exact) mass is 245 g/mol. The van der Waals surface area contributed by atoms with E-state index < -0.39 is 0 Å². The fraction of sp³-hybridized carbons (Fsp3) is 0.385. The lowest BCUT2D eigenvalue weighted by atomic mass is 10.1. The summed E-state index contributed by atoms with van der Waals surface area (Å²) in [6.45, 7) is 4.31. The highest BCUT2D eigenvalue weighted by Crippen LogP contribution is 2.21. The number of aromatic nitrogens is 2. The summed E-state index contributed by atoms with van der Waals surface area (Å²) in [5, 5.41) is 7.23. The molecule has 0 bridgehead atoms. The quantitative estimate of drug-likeness (QED) is 0.872. The Balaban J connectivity index is 1.82. The smallest absolute Gasteiger partial charge is 0.257 e. The van der Waals surface area contributed by atoms with Crippen molar-refractivity contribution in [3.63, 3.8) is 0 Å². The fourth-order valence-corrected chi connectivity index (χ4v) is 1.91. The van der Waals surface area contributed by atoms with Gasteiger partial charge in [0.05, 0.1) is 6.61 Å². The molecule has 0 spiro atoms. The summed E-state index contributed by atoms with van der Waals surface area (Å²) in [6.07, 6.45) is -0.134. The number of nitrogens with one attached hydrogen (secondary N) is 1. The van der Waals surface area contributed by atoms with Crippen LogP contribution in [0.25, 0.3) is 11.4 Å². The van der Waals surface area contributed by atoms with Crippen LogP contribution in [0.5, 0.6) is 0 Å². The van der Waals surface area contributed by atoms with Crippen molar-refractivity contribution >= 4 is 0 Å². The number of hydrogen-bond acceptors (Lipinski definition) is 5. The first kappa shape index (κ1) is 11.4. The number of morpholine rings is 1. The number of rotatable bonds is 2. The molecule has 5 nitrogen and oxygen atoms in total. The van der Waals surface area contributed by atoms with Crippen molar-refractivity contribution in [1.82, 2.24) is 15.5 Å². The van der Waals surface area contributed by atoms with Crippen LogP contribution in [0.15, 0.2) is 28.8 Å². The normalized spacial score (nSPS) is 19.9. The molecule has 0 amide bonds. The predicted octanol–water partition coefficient (Wildman–Crippen LogP) is 1.71. The summed E-state index contributed by atoms with van der Waals surface area (Å²) in [7, 11) is 0. The zero-order chi connectivity index (χ0) is 12.4. The highest BCUT2D eigenvalue weighted by atomic mass is 16.5. The zero-order valence-corrected chi connectivity index (χ0v) is 10.2. The van der Waals surface area contributed by atoms with Gasteiger partial charge in [-0.15, -0.1) is 0 Å². The number of hydrogen-bond donors (Lipinski definition) is 1. The Kier molecular flexibility index (Phi) is 3.08. The molecular weight excluding hydrogens is 230 g/mol. The van der Waals surface area contributed by atoms with Gasteiger partial charge in [-0.3, -0.25) is 0 Å². The van der Waals surface area contributed by atoms with Crippen molar-refractivity contribution in [3.05, 3.63) is 35.7 Å². The Bertz CT molecular complexity index is 515. The predicted molar refractivity (Wildman–Crippen MR) is 66.0 cm³/mol. The van der Waals surface area contributed by atoms with Gasteiger partial charge in [0.25, 0.3) is 5.89 Å². The van der Waals surface area contributed by atoms with Crippen LogP contribution in [-0.4, -0.2) is 29.8 Å². The number of aryl methyl sites for hydroxylation is 1. The summed E-state index contributed by atoms with van der Waals surface area (Å²) in [5.74, 6) is 1.15. The van der Waals surface area contributed by atoms with Crippen molar-refractivity contribution < 1.29 is 9.26 Å². The van der Waals surface area contributed by atoms with Crippen LogP contribution in [0.2, 0.25) is 0 Å². The lowest BCUT2D eigenvalue weighted by Gasteiger charge is -2.19. The van der Waals surface area contributed by atoms with E-state index >= 15 is 0 Å². The molecule has 3 rings (SSSR count). The van der Waals surface area contributed by atoms with E-state index in [4.69, 9.17) is 9.26 Å². The van der Waals surface area contributed by atoms with Crippen LogP contribution >= 0.6 is 0 Å². The van der Waals surface area contributed by atoms with Gasteiger partial charge in [-0.05, 0) is 6.92 Å². The van der Waals surface area contributed by atoms with E-state index in [1.165, 1.54) is 5.56 Å². The van der Waals surface area contributed by atoms with Gasteiger partial charge in [-0.1, -0.05) is 35.0 Å². The molecule has 0 saturated carbocycles. The van der Waals surface area contributed by atoms with Crippen molar-refractivity contribution in [2.24, 2.45) is 0 Å². The minimum Gasteiger partial charge on any atom is -0.366 e. The molecule has 94 valence electrons. The van der Waals surface area contributed by atoms with Crippen LogP contribution < -0.4 is 5.32 Å². The zero-order valence-electron chi connectivity index (χ0n) is 10.2. The highest BCUT2D eigenvalue weighted by molar-refractivity contribution is 5.54. The Morgan fingerprint density at radius 1 is 1.28 bits per heavy atom. The lowest BCUT2D eigenvalue weighted by molar-refractivity contribution is 0.00755. The molecule has 1 fully saturated rings. The third-order valence-corrected chi connectivity index (χ3v) is 2.95. The minimum atomic E-state index is -0.134. The molecule has 5 heteroatoms. The minimum absolute atomic E-state index is 0.134. The molecule has 0 aliphatic carbocycles. The molecule has 18 heavy (non-hydrogen) atoms. The maximum Gasteiger partial charge on any atom is 0.257 e. The van der Waals surface area contributed by atoms with Crippen LogP contribution in [0.1, 0.15) is 17.6 Å². The molecule has 0 radical (unpaired) electrons. The molecule has 2 heterocycles. The van der Waals surface area contributed by atoms with Gasteiger partial charge in [0.15, 0.2) is 0 Å². The average Bonchev–Trinajstić information content (AvgIpc) is 2.90. The molecule has 1 aromatic heterocycles. The Labute approximate surface area is 105 Å². The molecule has 1 aliphatic rings. The molecule has 1 saturated heterocycles. The SMILES string of the molecule is Cc1ccc(-c2noc([C@H]3CNCCO3)n2)cc1. The number of ether oxygens (including phenoxy) is 1. The van der Waals surface area contributed by atoms with Gasteiger partial charge in [0.1, 0.15) is 6.10 Å². The molecule has 1 aromatic carbocycles. The van der Waals surface area contributed by atoms with E-state index in [1.807, 2.05) is 31.2 Å². The van der Waals surface area contributed by atoms with Crippen molar-refractivity contribution in [2.45, 2.75) is 13.0 Å². The summed E-state index contributed by atoms with van der Waals surface area (Å²) in [6, 6.07) is 8.04. The second-order valence-corrected chi connectivity index (χ2v) is 4.39. The van der Waals surface area contributed by atoms with E-state index in [9.17, 15) is 0 Å². The first-order valence-electron chi connectivity index (χ1n) is 6.06. The van der Waals surface area contributed by atoms with Crippen LogP contribution in [-0.2, 0) is 4.74 Å². The summed E-state index contributed by atoms with van der Waals surface area (Å²) in [4.78, 5) is 4.39.